The van der Waals surface area contributed by atoms with Gasteiger partial charge in [0.1, 0.15) is 0 Å². The van der Waals surface area contributed by atoms with Gasteiger partial charge in [-0.25, -0.2) is 0 Å². The van der Waals surface area contributed by atoms with E-state index in [4.69, 9.17) is 4.74 Å². The normalized spacial score (nSPS) is 18.7. The summed E-state index contributed by atoms with van der Waals surface area (Å²) in [5.41, 5.74) is 4.25. The highest BCUT2D eigenvalue weighted by Gasteiger charge is 2.24. The van der Waals surface area contributed by atoms with Crippen molar-refractivity contribution in [1.82, 2.24) is 9.88 Å². The number of nitrogens with zero attached hydrogens (tertiary/aromatic N) is 1. The summed E-state index contributed by atoms with van der Waals surface area (Å²) in [6, 6.07) is 8.76. The fraction of sp³-hybridized carbons (Fsp3) is 0.500. The van der Waals surface area contributed by atoms with Gasteiger partial charge in [-0.3, -0.25) is 0 Å². The van der Waals surface area contributed by atoms with Gasteiger partial charge in [0.15, 0.2) is 0 Å². The van der Waals surface area contributed by atoms with Crippen molar-refractivity contribution < 1.29 is 4.74 Å². The lowest BCUT2D eigenvalue weighted by Gasteiger charge is -2.23. The van der Waals surface area contributed by atoms with Crippen LogP contribution in [0.4, 0.5) is 0 Å². The van der Waals surface area contributed by atoms with Crippen molar-refractivity contribution in [3.05, 3.63) is 35.5 Å². The van der Waals surface area contributed by atoms with Gasteiger partial charge in [-0.2, -0.15) is 0 Å². The van der Waals surface area contributed by atoms with Crippen LogP contribution in [-0.4, -0.2) is 24.8 Å². The molecule has 0 radical (unpaired) electrons. The van der Waals surface area contributed by atoms with Gasteiger partial charge in [0.25, 0.3) is 0 Å². The Bertz CT molecular complexity index is 573. The summed E-state index contributed by atoms with van der Waals surface area (Å²) >= 11 is 0. The summed E-state index contributed by atoms with van der Waals surface area (Å²) in [6.07, 6.45) is 2.40. The van der Waals surface area contributed by atoms with Gasteiger partial charge in [0, 0.05) is 17.4 Å². The van der Waals surface area contributed by atoms with E-state index in [2.05, 4.69) is 41.1 Å². The molecule has 1 unspecified atom stereocenters. The molecule has 1 aliphatic rings. The number of hydrogen-bond acceptors (Lipinski definition) is 2. The molecule has 1 aliphatic heterocycles. The Hall–Kier alpha value is -1.32. The van der Waals surface area contributed by atoms with Crippen LogP contribution in [0.5, 0.6) is 0 Å². The second-order valence-electron chi connectivity index (χ2n) is 5.25. The molecule has 102 valence electrons. The zero-order valence-electron chi connectivity index (χ0n) is 11.8. The van der Waals surface area contributed by atoms with E-state index >= 15 is 0 Å². The Labute approximate surface area is 114 Å². The molecule has 2 aromatic rings. The molecule has 2 heterocycles. The van der Waals surface area contributed by atoms with Crippen molar-refractivity contribution >= 4 is 10.9 Å². The first kappa shape index (κ1) is 12.7. The van der Waals surface area contributed by atoms with Gasteiger partial charge in [-0.1, -0.05) is 18.2 Å². The average molecular weight is 258 g/mol. The fourth-order valence-electron chi connectivity index (χ4n) is 3.19. The second-order valence-corrected chi connectivity index (χ2v) is 5.25. The van der Waals surface area contributed by atoms with Crippen LogP contribution in [0, 0.1) is 0 Å². The van der Waals surface area contributed by atoms with Crippen LogP contribution in [0.15, 0.2) is 24.3 Å². The number of rotatable bonds is 4. The lowest BCUT2D eigenvalue weighted by Crippen LogP contribution is -2.18. The minimum atomic E-state index is 0.214. The molecule has 1 N–H and O–H groups in total. The zero-order chi connectivity index (χ0) is 13.2. The highest BCUT2D eigenvalue weighted by Crippen LogP contribution is 2.35. The molecule has 0 bridgehead atoms. The number of aryl methyl sites for hydroxylation is 1. The van der Waals surface area contributed by atoms with Crippen molar-refractivity contribution in [1.29, 1.82) is 0 Å². The third-order valence-corrected chi connectivity index (χ3v) is 4.03. The standard InChI is InChI=1S/C16H22N2O/c1-12-16-14(8-11-19-12)13-6-3-4-7-15(13)18(16)10-5-9-17-2/h3-4,6-7,12,17H,5,8-11H2,1-2H3. The maximum absolute atomic E-state index is 5.84. The van der Waals surface area contributed by atoms with E-state index in [0.717, 1.165) is 32.5 Å². The largest absolute Gasteiger partial charge is 0.372 e. The molecule has 3 rings (SSSR count). The molecule has 0 aliphatic carbocycles. The quantitative estimate of drug-likeness (QED) is 0.853. The maximum Gasteiger partial charge on any atom is 0.0949 e. The number of nitrogens with one attached hydrogen (secondary N) is 1. The minimum absolute atomic E-state index is 0.214. The van der Waals surface area contributed by atoms with E-state index in [1.54, 1.807) is 0 Å². The highest BCUT2D eigenvalue weighted by molar-refractivity contribution is 5.86. The summed E-state index contributed by atoms with van der Waals surface area (Å²) < 4.78 is 8.31. The molecule has 0 spiro atoms. The predicted octanol–water partition coefficient (Wildman–Crippen LogP) is 2.88. The fourth-order valence-corrected chi connectivity index (χ4v) is 3.19. The highest BCUT2D eigenvalue weighted by atomic mass is 16.5. The average Bonchev–Trinajstić information content (AvgIpc) is 2.76. The lowest BCUT2D eigenvalue weighted by atomic mass is 10.0. The van der Waals surface area contributed by atoms with E-state index in [1.165, 1.54) is 22.2 Å². The summed E-state index contributed by atoms with van der Waals surface area (Å²) in [6.45, 7) is 5.13. The number of benzene rings is 1. The first-order valence-electron chi connectivity index (χ1n) is 7.19. The Morgan fingerprint density at radius 1 is 1.37 bits per heavy atom. The maximum atomic E-state index is 5.84. The molecule has 0 saturated carbocycles. The molecule has 0 amide bonds. The van der Waals surface area contributed by atoms with E-state index in [-0.39, 0.29) is 6.10 Å². The Balaban J connectivity index is 2.09. The summed E-state index contributed by atoms with van der Waals surface area (Å²) in [7, 11) is 2.01. The van der Waals surface area contributed by atoms with Crippen molar-refractivity contribution in [2.75, 3.05) is 20.2 Å². The summed E-state index contributed by atoms with van der Waals surface area (Å²) in [5, 5.41) is 4.64. The van der Waals surface area contributed by atoms with Crippen LogP contribution in [0.1, 0.15) is 30.7 Å². The van der Waals surface area contributed by atoms with Crippen molar-refractivity contribution in [3.8, 4) is 0 Å². The van der Waals surface area contributed by atoms with Crippen LogP contribution < -0.4 is 5.32 Å². The van der Waals surface area contributed by atoms with E-state index < -0.39 is 0 Å². The molecular formula is C16H22N2O. The lowest BCUT2D eigenvalue weighted by molar-refractivity contribution is 0.0502. The summed E-state index contributed by atoms with van der Waals surface area (Å²) in [4.78, 5) is 0. The van der Waals surface area contributed by atoms with Gasteiger partial charge < -0.3 is 14.6 Å². The molecule has 19 heavy (non-hydrogen) atoms. The first-order chi connectivity index (χ1) is 9.33. The van der Waals surface area contributed by atoms with E-state index in [1.807, 2.05) is 7.05 Å². The Morgan fingerprint density at radius 3 is 3.05 bits per heavy atom. The van der Waals surface area contributed by atoms with E-state index in [0.29, 0.717) is 0 Å². The van der Waals surface area contributed by atoms with Gasteiger partial charge in [-0.15, -0.1) is 0 Å². The number of aromatic nitrogens is 1. The van der Waals surface area contributed by atoms with Gasteiger partial charge >= 0.3 is 0 Å². The van der Waals surface area contributed by atoms with Crippen molar-refractivity contribution in [2.45, 2.75) is 32.4 Å². The topological polar surface area (TPSA) is 26.2 Å². The van der Waals surface area contributed by atoms with Crippen LogP contribution in [0.25, 0.3) is 10.9 Å². The van der Waals surface area contributed by atoms with Crippen LogP contribution in [-0.2, 0) is 17.7 Å². The van der Waals surface area contributed by atoms with E-state index in [9.17, 15) is 0 Å². The number of fused-ring (bicyclic) bond motifs is 3. The minimum Gasteiger partial charge on any atom is -0.372 e. The van der Waals surface area contributed by atoms with Crippen LogP contribution in [0.2, 0.25) is 0 Å². The number of para-hydroxylation sites is 1. The predicted molar refractivity (Wildman–Crippen MR) is 78.6 cm³/mol. The second kappa shape index (κ2) is 5.35. The molecule has 0 saturated heterocycles. The Morgan fingerprint density at radius 2 is 2.21 bits per heavy atom. The number of hydrogen-bond donors (Lipinski definition) is 1. The molecule has 1 aromatic heterocycles. The molecule has 1 aromatic carbocycles. The van der Waals surface area contributed by atoms with Gasteiger partial charge in [0.05, 0.1) is 18.4 Å². The summed E-state index contributed by atoms with van der Waals surface area (Å²) in [5.74, 6) is 0. The van der Waals surface area contributed by atoms with Gasteiger partial charge in [-0.05, 0) is 45.0 Å². The molecule has 3 nitrogen and oxygen atoms in total. The molecule has 3 heteroatoms. The smallest absolute Gasteiger partial charge is 0.0949 e. The SMILES string of the molecule is CNCCCn1c2c(c3ccccc31)CCOC2C. The van der Waals surface area contributed by atoms with Crippen molar-refractivity contribution in [3.63, 3.8) is 0 Å². The Kier molecular flexibility index (Phi) is 3.58. The first-order valence-corrected chi connectivity index (χ1v) is 7.19. The zero-order valence-corrected chi connectivity index (χ0v) is 11.8. The van der Waals surface area contributed by atoms with Gasteiger partial charge in [0.2, 0.25) is 0 Å². The third-order valence-electron chi connectivity index (χ3n) is 4.03. The third kappa shape index (κ3) is 2.17. The molecular weight excluding hydrogens is 236 g/mol. The number of ether oxygens (including phenoxy) is 1. The van der Waals surface area contributed by atoms with Crippen LogP contribution in [0.3, 0.4) is 0 Å². The molecule has 0 fully saturated rings. The molecule has 1 atom stereocenters. The van der Waals surface area contributed by atoms with Crippen molar-refractivity contribution in [2.24, 2.45) is 0 Å². The monoisotopic (exact) mass is 258 g/mol. The van der Waals surface area contributed by atoms with Crippen LogP contribution >= 0.6 is 0 Å².